The molecule has 0 bridgehead atoms. The van der Waals surface area contributed by atoms with Crippen LogP contribution in [-0.4, -0.2) is 63.2 Å². The summed E-state index contributed by atoms with van der Waals surface area (Å²) >= 11 is 0. The van der Waals surface area contributed by atoms with Crippen LogP contribution in [0.1, 0.15) is 41.2 Å². The Hall–Kier alpha value is -4.74. The standard InChI is InChI=1S/C51H56O8/c1-3-45-49(57-35-41-24-14-7-15-25-41)50(52-2)51(59-45)58-37-47(55-33-39-20-10-5-11-21-39)48(56-34-40-22-12-6-13-23-40)46(54-32-38-18-8-4-9-19-38)36-53-31-42-28-29-43-26-16-17-27-44(43)30-42/h4-30,45-51H,3,31-37H2,1-2H3/t45-,46?,47?,48?,49?,50+,51-/m1/s1. The zero-order valence-corrected chi connectivity index (χ0v) is 34.1. The Morgan fingerprint density at radius 1 is 0.475 bits per heavy atom. The molecule has 0 aliphatic carbocycles. The molecule has 308 valence electrons. The van der Waals surface area contributed by atoms with E-state index in [9.17, 15) is 0 Å². The van der Waals surface area contributed by atoms with Gasteiger partial charge in [0.2, 0.25) is 0 Å². The molecule has 0 aromatic heterocycles. The predicted molar refractivity (Wildman–Crippen MR) is 229 cm³/mol. The Morgan fingerprint density at radius 3 is 1.54 bits per heavy atom. The lowest BCUT2D eigenvalue weighted by Crippen LogP contribution is -2.48. The van der Waals surface area contributed by atoms with Crippen LogP contribution in [0.3, 0.4) is 0 Å². The predicted octanol–water partition coefficient (Wildman–Crippen LogP) is 9.86. The summed E-state index contributed by atoms with van der Waals surface area (Å²) in [6, 6.07) is 55.3. The molecule has 1 heterocycles. The molecule has 0 N–H and O–H groups in total. The molecule has 6 aromatic carbocycles. The number of hydrogen-bond acceptors (Lipinski definition) is 8. The number of fused-ring (bicyclic) bond motifs is 1. The molecule has 0 spiro atoms. The first-order chi connectivity index (χ1) is 29.2. The van der Waals surface area contributed by atoms with Crippen LogP contribution < -0.4 is 0 Å². The van der Waals surface area contributed by atoms with E-state index in [-0.39, 0.29) is 25.4 Å². The van der Waals surface area contributed by atoms with Gasteiger partial charge < -0.3 is 37.9 Å². The Labute approximate surface area is 348 Å². The van der Waals surface area contributed by atoms with E-state index >= 15 is 0 Å². The zero-order valence-electron chi connectivity index (χ0n) is 34.1. The van der Waals surface area contributed by atoms with Crippen LogP contribution in [0.5, 0.6) is 0 Å². The minimum atomic E-state index is -0.698. The first-order valence-electron chi connectivity index (χ1n) is 20.6. The molecule has 6 aromatic rings. The maximum atomic E-state index is 6.90. The van der Waals surface area contributed by atoms with Crippen molar-refractivity contribution in [2.24, 2.45) is 0 Å². The highest BCUT2D eigenvalue weighted by Gasteiger charge is 2.46. The van der Waals surface area contributed by atoms with Crippen LogP contribution in [0.4, 0.5) is 0 Å². The van der Waals surface area contributed by atoms with E-state index in [4.69, 9.17) is 37.9 Å². The van der Waals surface area contributed by atoms with E-state index in [1.165, 1.54) is 10.8 Å². The fourth-order valence-corrected chi connectivity index (χ4v) is 7.43. The van der Waals surface area contributed by atoms with E-state index in [0.29, 0.717) is 33.0 Å². The minimum Gasteiger partial charge on any atom is -0.374 e. The molecule has 7 rings (SSSR count). The summed E-state index contributed by atoms with van der Waals surface area (Å²) in [4.78, 5) is 0. The van der Waals surface area contributed by atoms with Crippen molar-refractivity contribution in [2.45, 2.75) is 89.3 Å². The second-order valence-corrected chi connectivity index (χ2v) is 14.9. The number of hydrogen-bond donors (Lipinski definition) is 0. The molecule has 1 aliphatic heterocycles. The summed E-state index contributed by atoms with van der Waals surface area (Å²) in [7, 11) is 1.68. The van der Waals surface area contributed by atoms with Gasteiger partial charge in [0.15, 0.2) is 6.29 Å². The number of methoxy groups -OCH3 is 1. The lowest BCUT2D eigenvalue weighted by atomic mass is 10.1. The van der Waals surface area contributed by atoms with Gasteiger partial charge in [-0.2, -0.15) is 0 Å². The Kier molecular flexibility index (Phi) is 16.2. The zero-order chi connectivity index (χ0) is 40.5. The summed E-state index contributed by atoms with van der Waals surface area (Å²) < 4.78 is 52.8. The van der Waals surface area contributed by atoms with Gasteiger partial charge in [0.05, 0.1) is 52.4 Å². The molecular formula is C51H56O8. The summed E-state index contributed by atoms with van der Waals surface area (Å²) in [6.07, 6.45) is -2.73. The molecule has 0 radical (unpaired) electrons. The number of benzene rings is 6. The maximum absolute atomic E-state index is 6.90. The SMILES string of the molecule is CC[C@H]1O[C@@H](OCC(OCc2ccccc2)C(OCc2ccccc2)C(COCc2ccc3ccccc3c2)OCc2ccccc2)[C@@H](OC)C1OCc1ccccc1. The lowest BCUT2D eigenvalue weighted by Gasteiger charge is -2.34. The molecule has 1 saturated heterocycles. The molecule has 59 heavy (non-hydrogen) atoms. The van der Waals surface area contributed by atoms with Gasteiger partial charge in [-0.1, -0.05) is 165 Å². The van der Waals surface area contributed by atoms with Crippen molar-refractivity contribution in [3.05, 3.63) is 192 Å². The molecule has 8 heteroatoms. The van der Waals surface area contributed by atoms with Gasteiger partial charge in [-0.05, 0) is 51.1 Å². The van der Waals surface area contributed by atoms with Gasteiger partial charge >= 0.3 is 0 Å². The summed E-state index contributed by atoms with van der Waals surface area (Å²) in [6.45, 7) is 4.34. The van der Waals surface area contributed by atoms with Crippen molar-refractivity contribution < 1.29 is 37.9 Å². The van der Waals surface area contributed by atoms with Crippen molar-refractivity contribution >= 4 is 10.8 Å². The highest BCUT2D eigenvalue weighted by Crippen LogP contribution is 2.31. The third kappa shape index (κ3) is 12.4. The maximum Gasteiger partial charge on any atom is 0.186 e. The fourth-order valence-electron chi connectivity index (χ4n) is 7.43. The average Bonchev–Trinajstić information content (AvgIpc) is 3.65. The van der Waals surface area contributed by atoms with Crippen molar-refractivity contribution in [1.82, 2.24) is 0 Å². The molecule has 0 amide bonds. The Bertz CT molecular complexity index is 2070. The second-order valence-electron chi connectivity index (χ2n) is 14.9. The van der Waals surface area contributed by atoms with E-state index in [0.717, 1.165) is 34.2 Å². The van der Waals surface area contributed by atoms with Crippen molar-refractivity contribution in [3.8, 4) is 0 Å². The van der Waals surface area contributed by atoms with Crippen LogP contribution in [0, 0.1) is 0 Å². The van der Waals surface area contributed by atoms with E-state index in [1.54, 1.807) is 7.11 Å². The normalized spacial score (nSPS) is 19.4. The number of ether oxygens (including phenoxy) is 8. The molecule has 7 atom stereocenters. The van der Waals surface area contributed by atoms with E-state index in [1.807, 2.05) is 72.8 Å². The van der Waals surface area contributed by atoms with Crippen LogP contribution in [0.2, 0.25) is 0 Å². The largest absolute Gasteiger partial charge is 0.374 e. The van der Waals surface area contributed by atoms with Gasteiger partial charge in [0.25, 0.3) is 0 Å². The summed E-state index contributed by atoms with van der Waals surface area (Å²) in [5.74, 6) is 0. The van der Waals surface area contributed by atoms with Gasteiger partial charge in [-0.3, -0.25) is 0 Å². The van der Waals surface area contributed by atoms with Gasteiger partial charge in [0, 0.05) is 7.11 Å². The van der Waals surface area contributed by atoms with Crippen LogP contribution in [0.25, 0.3) is 10.8 Å². The molecule has 8 nitrogen and oxygen atoms in total. The first kappa shape index (κ1) is 42.4. The quantitative estimate of drug-likeness (QED) is 0.0635. The first-order valence-corrected chi connectivity index (χ1v) is 20.6. The van der Waals surface area contributed by atoms with Gasteiger partial charge in [-0.15, -0.1) is 0 Å². The van der Waals surface area contributed by atoms with Gasteiger partial charge in [-0.25, -0.2) is 0 Å². The Balaban J connectivity index is 1.15. The molecular weight excluding hydrogens is 741 g/mol. The third-order valence-electron chi connectivity index (χ3n) is 10.6. The van der Waals surface area contributed by atoms with Gasteiger partial charge in [0.1, 0.15) is 30.5 Å². The smallest absolute Gasteiger partial charge is 0.186 e. The molecule has 4 unspecified atom stereocenters. The van der Waals surface area contributed by atoms with E-state index in [2.05, 4.69) is 97.9 Å². The topological polar surface area (TPSA) is 73.8 Å². The monoisotopic (exact) mass is 796 g/mol. The third-order valence-corrected chi connectivity index (χ3v) is 10.6. The van der Waals surface area contributed by atoms with E-state index < -0.39 is 30.7 Å². The average molecular weight is 797 g/mol. The lowest BCUT2D eigenvalue weighted by molar-refractivity contribution is -0.219. The molecule has 1 aliphatic rings. The van der Waals surface area contributed by atoms with Crippen molar-refractivity contribution in [2.75, 3.05) is 20.3 Å². The highest BCUT2D eigenvalue weighted by atomic mass is 16.7. The molecule has 1 fully saturated rings. The van der Waals surface area contributed by atoms with Crippen LogP contribution >= 0.6 is 0 Å². The fraction of sp³-hybridized carbons (Fsp3) is 0.333. The number of rotatable bonds is 23. The summed E-state index contributed by atoms with van der Waals surface area (Å²) in [5.41, 5.74) is 5.26. The minimum absolute atomic E-state index is 0.133. The van der Waals surface area contributed by atoms with Crippen LogP contribution in [-0.2, 0) is 70.9 Å². The molecule has 0 saturated carbocycles. The van der Waals surface area contributed by atoms with Crippen LogP contribution in [0.15, 0.2) is 164 Å². The summed E-state index contributed by atoms with van der Waals surface area (Å²) in [5, 5.41) is 2.36. The second kappa shape index (κ2) is 22.6. The highest BCUT2D eigenvalue weighted by molar-refractivity contribution is 5.82. The Morgan fingerprint density at radius 2 is 0.983 bits per heavy atom. The van der Waals surface area contributed by atoms with Crippen molar-refractivity contribution in [3.63, 3.8) is 0 Å². The van der Waals surface area contributed by atoms with Crippen molar-refractivity contribution in [1.29, 1.82) is 0 Å².